The maximum absolute atomic E-state index is 12.7. The molecule has 0 saturated carbocycles. The van der Waals surface area contributed by atoms with E-state index in [1.807, 2.05) is 37.3 Å². The van der Waals surface area contributed by atoms with Gasteiger partial charge in [-0.25, -0.2) is 8.42 Å². The molecule has 0 aromatic heterocycles. The van der Waals surface area contributed by atoms with Crippen LogP contribution >= 0.6 is 0 Å². The summed E-state index contributed by atoms with van der Waals surface area (Å²) in [6.45, 7) is 5.36. The Morgan fingerprint density at radius 1 is 1.00 bits per heavy atom. The summed E-state index contributed by atoms with van der Waals surface area (Å²) in [7, 11) is -3.39. The van der Waals surface area contributed by atoms with Crippen molar-refractivity contribution < 1.29 is 8.42 Å². The molecule has 1 aliphatic rings. The summed E-state index contributed by atoms with van der Waals surface area (Å²) in [6.07, 6.45) is 1.86. The standard InChI is InChI=1S/C19H24N2O2S/c1-14-9-11-21(12-10-14)24(22,23)18-7-5-16(6-8-18)17-4-3-15(2)19(20)13-17/h3-8,13-14H,9-12,20H2,1-2H3. The van der Waals surface area contributed by atoms with E-state index in [-0.39, 0.29) is 0 Å². The summed E-state index contributed by atoms with van der Waals surface area (Å²) in [5.74, 6) is 0.603. The van der Waals surface area contributed by atoms with Gasteiger partial charge in [-0.15, -0.1) is 0 Å². The van der Waals surface area contributed by atoms with Gasteiger partial charge in [-0.1, -0.05) is 31.2 Å². The monoisotopic (exact) mass is 344 g/mol. The lowest BCUT2D eigenvalue weighted by molar-refractivity contribution is 0.288. The number of sulfonamides is 1. The quantitative estimate of drug-likeness (QED) is 0.864. The van der Waals surface area contributed by atoms with Crippen LogP contribution in [0.5, 0.6) is 0 Å². The highest BCUT2D eigenvalue weighted by Gasteiger charge is 2.27. The molecule has 0 radical (unpaired) electrons. The third-order valence-corrected chi connectivity index (χ3v) is 6.76. The minimum atomic E-state index is -3.39. The predicted octanol–water partition coefficient (Wildman–Crippen LogP) is 3.66. The number of benzene rings is 2. The third kappa shape index (κ3) is 3.32. The van der Waals surface area contributed by atoms with Gasteiger partial charge in [0.05, 0.1) is 4.90 Å². The van der Waals surface area contributed by atoms with Crippen molar-refractivity contribution in [3.8, 4) is 11.1 Å². The fraction of sp³-hybridized carbons (Fsp3) is 0.368. The van der Waals surface area contributed by atoms with Gasteiger partial charge in [0.25, 0.3) is 0 Å². The lowest BCUT2D eigenvalue weighted by Gasteiger charge is -2.29. The van der Waals surface area contributed by atoms with Crippen LogP contribution in [0.2, 0.25) is 0 Å². The van der Waals surface area contributed by atoms with Crippen molar-refractivity contribution in [1.29, 1.82) is 0 Å². The van der Waals surface area contributed by atoms with Crippen molar-refractivity contribution in [2.75, 3.05) is 18.8 Å². The van der Waals surface area contributed by atoms with Gasteiger partial charge >= 0.3 is 0 Å². The SMILES string of the molecule is Cc1ccc(-c2ccc(S(=O)(=O)N3CCC(C)CC3)cc2)cc1N. The minimum Gasteiger partial charge on any atom is -0.398 e. The molecule has 0 amide bonds. The zero-order valence-corrected chi connectivity index (χ0v) is 15.0. The average Bonchev–Trinajstić information content (AvgIpc) is 2.58. The van der Waals surface area contributed by atoms with Crippen LogP contribution in [0, 0.1) is 12.8 Å². The number of nitrogens with zero attached hydrogens (tertiary/aromatic N) is 1. The average molecular weight is 344 g/mol. The molecule has 2 aromatic carbocycles. The first-order valence-electron chi connectivity index (χ1n) is 8.34. The summed E-state index contributed by atoms with van der Waals surface area (Å²) < 4.78 is 27.1. The Labute approximate surface area is 144 Å². The van der Waals surface area contributed by atoms with E-state index >= 15 is 0 Å². The molecule has 1 aliphatic heterocycles. The molecular weight excluding hydrogens is 320 g/mol. The molecular formula is C19H24N2O2S. The molecule has 1 fully saturated rings. The second-order valence-corrected chi connectivity index (χ2v) is 8.62. The first-order chi connectivity index (χ1) is 11.4. The van der Waals surface area contributed by atoms with E-state index < -0.39 is 10.0 Å². The second-order valence-electron chi connectivity index (χ2n) is 6.68. The molecule has 0 aliphatic carbocycles. The Morgan fingerprint density at radius 2 is 1.58 bits per heavy atom. The fourth-order valence-corrected chi connectivity index (χ4v) is 4.48. The van der Waals surface area contributed by atoms with Crippen LogP contribution in [0.15, 0.2) is 47.4 Å². The number of aryl methyl sites for hydroxylation is 1. The van der Waals surface area contributed by atoms with Gasteiger partial charge < -0.3 is 5.73 Å². The number of rotatable bonds is 3. The largest absolute Gasteiger partial charge is 0.398 e. The summed E-state index contributed by atoms with van der Waals surface area (Å²) in [5.41, 5.74) is 9.70. The van der Waals surface area contributed by atoms with Crippen molar-refractivity contribution in [2.24, 2.45) is 5.92 Å². The number of anilines is 1. The molecule has 1 heterocycles. The zero-order chi connectivity index (χ0) is 17.3. The van der Waals surface area contributed by atoms with Crippen LogP contribution in [-0.4, -0.2) is 25.8 Å². The lowest BCUT2D eigenvalue weighted by atomic mass is 10.0. The molecule has 1 saturated heterocycles. The van der Waals surface area contributed by atoms with Crippen molar-refractivity contribution >= 4 is 15.7 Å². The maximum Gasteiger partial charge on any atom is 0.243 e. The van der Waals surface area contributed by atoms with Crippen molar-refractivity contribution in [3.63, 3.8) is 0 Å². The number of nitrogen functional groups attached to an aromatic ring is 1. The zero-order valence-electron chi connectivity index (χ0n) is 14.2. The van der Waals surface area contributed by atoms with Gasteiger partial charge in [0, 0.05) is 18.8 Å². The topological polar surface area (TPSA) is 63.4 Å². The summed E-state index contributed by atoms with van der Waals surface area (Å²) in [6, 6.07) is 13.0. The van der Waals surface area contributed by atoms with Crippen LogP contribution in [0.4, 0.5) is 5.69 Å². The van der Waals surface area contributed by atoms with Gasteiger partial charge in [-0.3, -0.25) is 0 Å². The molecule has 4 nitrogen and oxygen atoms in total. The summed E-state index contributed by atoms with van der Waals surface area (Å²) >= 11 is 0. The van der Waals surface area contributed by atoms with Crippen molar-refractivity contribution in [2.45, 2.75) is 31.6 Å². The van der Waals surface area contributed by atoms with E-state index in [1.165, 1.54) is 0 Å². The molecule has 0 spiro atoms. The predicted molar refractivity (Wildman–Crippen MR) is 98.2 cm³/mol. The van der Waals surface area contributed by atoms with E-state index in [1.54, 1.807) is 16.4 Å². The van der Waals surface area contributed by atoms with Gasteiger partial charge in [-0.2, -0.15) is 4.31 Å². The Bertz CT molecular complexity index is 821. The highest BCUT2D eigenvalue weighted by atomic mass is 32.2. The summed E-state index contributed by atoms with van der Waals surface area (Å²) in [4.78, 5) is 0.362. The smallest absolute Gasteiger partial charge is 0.243 e. The molecule has 3 rings (SSSR count). The highest BCUT2D eigenvalue weighted by molar-refractivity contribution is 7.89. The number of hydrogen-bond donors (Lipinski definition) is 1. The number of piperidine rings is 1. The normalized spacial score (nSPS) is 17.1. The van der Waals surface area contributed by atoms with Gasteiger partial charge in [-0.05, 0) is 60.6 Å². The van der Waals surface area contributed by atoms with Crippen molar-refractivity contribution in [1.82, 2.24) is 4.31 Å². The minimum absolute atomic E-state index is 0.362. The third-order valence-electron chi connectivity index (χ3n) is 4.85. The molecule has 24 heavy (non-hydrogen) atoms. The first kappa shape index (κ1) is 17.0. The Morgan fingerprint density at radius 3 is 2.17 bits per heavy atom. The molecule has 0 bridgehead atoms. The number of hydrogen-bond acceptors (Lipinski definition) is 3. The van der Waals surface area contributed by atoms with E-state index in [4.69, 9.17) is 5.73 Å². The first-order valence-corrected chi connectivity index (χ1v) is 9.78. The molecule has 5 heteroatoms. The van der Waals surface area contributed by atoms with E-state index in [9.17, 15) is 8.42 Å². The van der Waals surface area contributed by atoms with Crippen LogP contribution in [-0.2, 0) is 10.0 Å². The maximum atomic E-state index is 12.7. The van der Waals surface area contributed by atoms with Crippen LogP contribution < -0.4 is 5.73 Å². The molecule has 2 aromatic rings. The van der Waals surface area contributed by atoms with E-state index in [2.05, 4.69) is 6.92 Å². The van der Waals surface area contributed by atoms with Crippen LogP contribution in [0.1, 0.15) is 25.3 Å². The molecule has 128 valence electrons. The van der Waals surface area contributed by atoms with Crippen molar-refractivity contribution in [3.05, 3.63) is 48.0 Å². The Hall–Kier alpha value is -1.85. The second kappa shape index (κ2) is 6.57. The van der Waals surface area contributed by atoms with E-state index in [0.717, 1.165) is 35.2 Å². The van der Waals surface area contributed by atoms with Crippen LogP contribution in [0.3, 0.4) is 0 Å². The van der Waals surface area contributed by atoms with Gasteiger partial charge in [0.15, 0.2) is 0 Å². The Balaban J connectivity index is 1.84. The van der Waals surface area contributed by atoms with Gasteiger partial charge in [0.1, 0.15) is 0 Å². The lowest BCUT2D eigenvalue weighted by Crippen LogP contribution is -2.37. The number of nitrogens with two attached hydrogens (primary N) is 1. The van der Waals surface area contributed by atoms with E-state index in [0.29, 0.717) is 23.9 Å². The molecule has 0 atom stereocenters. The fourth-order valence-electron chi connectivity index (χ4n) is 3.01. The summed E-state index contributed by atoms with van der Waals surface area (Å²) in [5, 5.41) is 0. The highest BCUT2D eigenvalue weighted by Crippen LogP contribution is 2.27. The van der Waals surface area contributed by atoms with Gasteiger partial charge in [0.2, 0.25) is 10.0 Å². The Kier molecular flexibility index (Phi) is 4.65. The molecule has 0 unspecified atom stereocenters. The molecule has 2 N–H and O–H groups in total. The van der Waals surface area contributed by atoms with Crippen LogP contribution in [0.25, 0.3) is 11.1 Å².